The molecule has 1 N–H and O–H groups in total. The van der Waals surface area contributed by atoms with Gasteiger partial charge in [0.1, 0.15) is 0 Å². The van der Waals surface area contributed by atoms with Gasteiger partial charge in [0, 0.05) is 18.5 Å². The van der Waals surface area contributed by atoms with Gasteiger partial charge in [0.2, 0.25) is 5.91 Å². The van der Waals surface area contributed by atoms with Gasteiger partial charge in [-0.05, 0) is 57.5 Å². The van der Waals surface area contributed by atoms with Crippen LogP contribution in [0.1, 0.15) is 57.8 Å². The predicted molar refractivity (Wildman–Crippen MR) is 84.2 cm³/mol. The highest BCUT2D eigenvalue weighted by Crippen LogP contribution is 2.34. The topological polar surface area (TPSA) is 32.3 Å². The molecule has 1 aliphatic heterocycles. The molecule has 0 spiro atoms. The molecule has 0 aromatic rings. The lowest BCUT2D eigenvalue weighted by molar-refractivity contribution is -0.139. The van der Waals surface area contributed by atoms with E-state index in [0.29, 0.717) is 17.9 Å². The smallest absolute Gasteiger partial charge is 0.226 e. The lowest BCUT2D eigenvalue weighted by Crippen LogP contribution is -2.47. The first-order valence-electron chi connectivity index (χ1n) is 8.36. The predicted octanol–water partition coefficient (Wildman–Crippen LogP) is 2.98. The molecule has 20 heavy (non-hydrogen) atoms. The number of carbonyl (C=O) groups excluding carboxylic acids is 1. The maximum Gasteiger partial charge on any atom is 0.226 e. The molecule has 1 saturated heterocycles. The summed E-state index contributed by atoms with van der Waals surface area (Å²) in [5, 5.41) is 3.37. The van der Waals surface area contributed by atoms with E-state index in [1.807, 2.05) is 0 Å². The number of hydrogen-bond donors (Lipinski definition) is 1. The Hall–Kier alpha value is -0.280. The van der Waals surface area contributed by atoms with E-state index in [-0.39, 0.29) is 12.4 Å². The number of amides is 1. The van der Waals surface area contributed by atoms with Gasteiger partial charge in [0.05, 0.1) is 0 Å². The highest BCUT2D eigenvalue weighted by Gasteiger charge is 2.35. The molecule has 0 aromatic heterocycles. The van der Waals surface area contributed by atoms with Gasteiger partial charge < -0.3 is 10.2 Å². The number of nitrogens with zero attached hydrogens (tertiary/aromatic N) is 1. The van der Waals surface area contributed by atoms with Gasteiger partial charge in [-0.15, -0.1) is 12.4 Å². The molecule has 3 aliphatic rings. The summed E-state index contributed by atoms with van der Waals surface area (Å²) in [6.07, 6.45) is 11.3. The monoisotopic (exact) mass is 300 g/mol. The summed E-state index contributed by atoms with van der Waals surface area (Å²) in [6, 6.07) is 0.566. The summed E-state index contributed by atoms with van der Waals surface area (Å²) in [4.78, 5) is 15.2. The maximum absolute atomic E-state index is 12.9. The van der Waals surface area contributed by atoms with Crippen molar-refractivity contribution >= 4 is 18.3 Å². The van der Waals surface area contributed by atoms with E-state index in [1.165, 1.54) is 44.9 Å². The van der Waals surface area contributed by atoms with Crippen LogP contribution in [0.5, 0.6) is 0 Å². The van der Waals surface area contributed by atoms with Crippen molar-refractivity contribution in [3.8, 4) is 0 Å². The Bertz CT molecular complexity index is 308. The second kappa shape index (κ2) is 7.65. The van der Waals surface area contributed by atoms with E-state index in [2.05, 4.69) is 10.2 Å². The van der Waals surface area contributed by atoms with E-state index in [4.69, 9.17) is 0 Å². The normalized spacial score (nSPS) is 25.0. The minimum Gasteiger partial charge on any atom is -0.339 e. The van der Waals surface area contributed by atoms with Crippen LogP contribution in [0.2, 0.25) is 0 Å². The van der Waals surface area contributed by atoms with E-state index in [0.717, 1.165) is 38.4 Å². The van der Waals surface area contributed by atoms with Crippen molar-refractivity contribution in [2.24, 2.45) is 11.8 Å². The average Bonchev–Trinajstić information content (AvgIpc) is 3.30. The standard InChI is InChI=1S/C16H28N2O.ClH/c19-16(14-8-10-17-11-9-14)18(12-13-6-7-13)15-4-2-1-3-5-15;/h13-15,17H,1-12H2;1H. The molecule has 2 aliphatic carbocycles. The summed E-state index contributed by atoms with van der Waals surface area (Å²) in [5.41, 5.74) is 0. The van der Waals surface area contributed by atoms with Crippen molar-refractivity contribution in [3.05, 3.63) is 0 Å². The number of carbonyl (C=O) groups is 1. The molecule has 0 bridgehead atoms. The highest BCUT2D eigenvalue weighted by atomic mass is 35.5. The highest BCUT2D eigenvalue weighted by molar-refractivity contribution is 5.85. The molecule has 3 nitrogen and oxygen atoms in total. The van der Waals surface area contributed by atoms with Crippen molar-refractivity contribution in [2.75, 3.05) is 19.6 Å². The van der Waals surface area contributed by atoms with Crippen molar-refractivity contribution in [3.63, 3.8) is 0 Å². The van der Waals surface area contributed by atoms with Crippen molar-refractivity contribution in [1.82, 2.24) is 10.2 Å². The molecular weight excluding hydrogens is 272 g/mol. The molecule has 3 rings (SSSR count). The molecule has 0 aromatic carbocycles. The fourth-order valence-electron chi connectivity index (χ4n) is 3.69. The largest absolute Gasteiger partial charge is 0.339 e. The van der Waals surface area contributed by atoms with Gasteiger partial charge in [-0.3, -0.25) is 4.79 Å². The zero-order valence-corrected chi connectivity index (χ0v) is 13.3. The minimum atomic E-state index is 0. The Morgan fingerprint density at radius 1 is 0.950 bits per heavy atom. The van der Waals surface area contributed by atoms with E-state index >= 15 is 0 Å². The molecular formula is C16H29ClN2O. The number of hydrogen-bond acceptors (Lipinski definition) is 2. The van der Waals surface area contributed by atoms with E-state index < -0.39 is 0 Å². The van der Waals surface area contributed by atoms with Crippen molar-refractivity contribution in [1.29, 1.82) is 0 Å². The van der Waals surface area contributed by atoms with Crippen molar-refractivity contribution in [2.45, 2.75) is 63.8 Å². The van der Waals surface area contributed by atoms with Crippen LogP contribution in [0.15, 0.2) is 0 Å². The number of piperidine rings is 1. The van der Waals surface area contributed by atoms with Crippen LogP contribution in [0, 0.1) is 11.8 Å². The van der Waals surface area contributed by atoms with Gasteiger partial charge in [0.15, 0.2) is 0 Å². The first-order chi connectivity index (χ1) is 9.34. The lowest BCUT2D eigenvalue weighted by atomic mass is 9.91. The molecule has 116 valence electrons. The fourth-order valence-corrected chi connectivity index (χ4v) is 3.69. The zero-order valence-electron chi connectivity index (χ0n) is 12.5. The van der Waals surface area contributed by atoms with Gasteiger partial charge in [-0.2, -0.15) is 0 Å². The molecule has 0 atom stereocenters. The third-order valence-corrected chi connectivity index (χ3v) is 5.14. The molecule has 4 heteroatoms. The van der Waals surface area contributed by atoms with Crippen molar-refractivity contribution < 1.29 is 4.79 Å². The van der Waals surface area contributed by atoms with Crippen LogP contribution in [0.3, 0.4) is 0 Å². The molecule has 1 heterocycles. The molecule has 3 fully saturated rings. The second-order valence-corrected chi connectivity index (χ2v) is 6.75. The molecule has 1 amide bonds. The molecule has 2 saturated carbocycles. The van der Waals surface area contributed by atoms with E-state index in [1.54, 1.807) is 0 Å². The maximum atomic E-state index is 12.9. The average molecular weight is 301 g/mol. The van der Waals surface area contributed by atoms with Crippen LogP contribution < -0.4 is 5.32 Å². The quantitative estimate of drug-likeness (QED) is 0.866. The Morgan fingerprint density at radius 2 is 1.60 bits per heavy atom. The van der Waals surface area contributed by atoms with Crippen LogP contribution in [-0.4, -0.2) is 36.5 Å². The van der Waals surface area contributed by atoms with Crippen LogP contribution in [0.25, 0.3) is 0 Å². The van der Waals surface area contributed by atoms with Gasteiger partial charge >= 0.3 is 0 Å². The molecule has 0 radical (unpaired) electrons. The Kier molecular flexibility index (Phi) is 6.16. The van der Waals surface area contributed by atoms with Gasteiger partial charge in [0.25, 0.3) is 0 Å². The molecule has 0 unspecified atom stereocenters. The Labute approximate surface area is 129 Å². The summed E-state index contributed by atoms with van der Waals surface area (Å²) >= 11 is 0. The summed E-state index contributed by atoms with van der Waals surface area (Å²) in [6.45, 7) is 3.12. The number of nitrogens with one attached hydrogen (secondary N) is 1. The summed E-state index contributed by atoms with van der Waals surface area (Å²) in [7, 11) is 0. The zero-order chi connectivity index (χ0) is 13.1. The van der Waals surface area contributed by atoms with Gasteiger partial charge in [-0.1, -0.05) is 19.3 Å². The Morgan fingerprint density at radius 3 is 2.20 bits per heavy atom. The first kappa shape index (κ1) is 16.1. The number of halogens is 1. The fraction of sp³-hybridized carbons (Fsp3) is 0.938. The van der Waals surface area contributed by atoms with Crippen LogP contribution in [0.4, 0.5) is 0 Å². The number of rotatable bonds is 4. The SMILES string of the molecule is Cl.O=C(C1CCNCC1)N(CC1CC1)C1CCCCC1. The minimum absolute atomic E-state index is 0. The third kappa shape index (κ3) is 4.11. The Balaban J connectivity index is 0.00000147. The second-order valence-electron chi connectivity index (χ2n) is 6.75. The van der Waals surface area contributed by atoms with Gasteiger partial charge in [-0.25, -0.2) is 0 Å². The summed E-state index contributed by atoms with van der Waals surface area (Å²) in [5.74, 6) is 1.62. The van der Waals surface area contributed by atoms with Crippen LogP contribution >= 0.6 is 12.4 Å². The lowest BCUT2D eigenvalue weighted by Gasteiger charge is -2.37. The third-order valence-electron chi connectivity index (χ3n) is 5.14. The first-order valence-corrected chi connectivity index (χ1v) is 8.36. The van der Waals surface area contributed by atoms with E-state index in [9.17, 15) is 4.79 Å². The summed E-state index contributed by atoms with van der Waals surface area (Å²) < 4.78 is 0. The van der Waals surface area contributed by atoms with Crippen LogP contribution in [-0.2, 0) is 4.79 Å².